The predicted molar refractivity (Wildman–Crippen MR) is 136 cm³/mol. The molecule has 1 N–H and O–H groups in total. The summed E-state index contributed by atoms with van der Waals surface area (Å²) < 4.78 is 18.8. The fourth-order valence-corrected chi connectivity index (χ4v) is 3.98. The molecule has 0 bridgehead atoms. The molecule has 0 aliphatic carbocycles. The molecule has 0 spiro atoms. The van der Waals surface area contributed by atoms with Crippen molar-refractivity contribution in [2.24, 2.45) is 0 Å². The highest BCUT2D eigenvalue weighted by Gasteiger charge is 2.31. The lowest BCUT2D eigenvalue weighted by atomic mass is 10.0. The Bertz CT molecular complexity index is 1130. The number of ether oxygens (including phenoxy) is 1. The molecule has 0 heterocycles. The van der Waals surface area contributed by atoms with Gasteiger partial charge in [0.1, 0.15) is 17.6 Å². The summed E-state index contributed by atoms with van der Waals surface area (Å²) in [6.45, 7) is 2.20. The Morgan fingerprint density at radius 2 is 1.74 bits per heavy atom. The Morgan fingerprint density at radius 3 is 2.40 bits per heavy atom. The summed E-state index contributed by atoms with van der Waals surface area (Å²) in [5, 5.41) is 3.77. The number of amides is 2. The molecule has 0 saturated heterocycles. The van der Waals surface area contributed by atoms with Crippen molar-refractivity contribution in [2.45, 2.75) is 32.4 Å². The van der Waals surface area contributed by atoms with Crippen LogP contribution < -0.4 is 10.1 Å². The van der Waals surface area contributed by atoms with E-state index in [9.17, 15) is 14.0 Å². The zero-order valence-corrected chi connectivity index (χ0v) is 20.9. The second kappa shape index (κ2) is 13.1. The maximum Gasteiger partial charge on any atom is 0.261 e. The van der Waals surface area contributed by atoms with Crippen molar-refractivity contribution < 1.29 is 18.7 Å². The van der Waals surface area contributed by atoms with Crippen LogP contribution in [0.3, 0.4) is 0 Å². The van der Waals surface area contributed by atoms with Crippen LogP contribution in [0.5, 0.6) is 5.75 Å². The number of hydrogen-bond donors (Lipinski definition) is 1. The Balaban J connectivity index is 1.91. The predicted octanol–water partition coefficient (Wildman–Crippen LogP) is 5.68. The standard InChI is InChI=1S/C27H27Cl2FN2O3/c1-2-14-31-27(34)25(15-19-6-4-3-5-7-19)32(17-20-8-9-21(28)16-24(20)29)26(33)18-35-23-12-10-22(30)11-13-23/h3-13,16,25H,2,14-15,17-18H2,1H3,(H,31,34)/t25-/m0/s1. The van der Waals surface area contributed by atoms with Crippen LogP contribution in [0.2, 0.25) is 10.0 Å². The van der Waals surface area contributed by atoms with Gasteiger partial charge in [0.25, 0.3) is 5.91 Å². The van der Waals surface area contributed by atoms with E-state index in [1.807, 2.05) is 37.3 Å². The summed E-state index contributed by atoms with van der Waals surface area (Å²) >= 11 is 12.5. The molecule has 35 heavy (non-hydrogen) atoms. The first kappa shape index (κ1) is 26.5. The molecule has 8 heteroatoms. The van der Waals surface area contributed by atoms with Gasteiger partial charge in [-0.3, -0.25) is 9.59 Å². The number of halogens is 3. The lowest BCUT2D eigenvalue weighted by molar-refractivity contribution is -0.142. The molecule has 0 radical (unpaired) electrons. The summed E-state index contributed by atoms with van der Waals surface area (Å²) in [5.74, 6) is -0.735. The molecule has 184 valence electrons. The lowest BCUT2D eigenvalue weighted by Crippen LogP contribution is -2.51. The minimum atomic E-state index is -0.806. The van der Waals surface area contributed by atoms with Crippen molar-refractivity contribution in [3.63, 3.8) is 0 Å². The number of benzene rings is 3. The Kier molecular flexibility index (Phi) is 9.94. The third-order valence-corrected chi connectivity index (χ3v) is 5.94. The lowest BCUT2D eigenvalue weighted by Gasteiger charge is -2.31. The van der Waals surface area contributed by atoms with Crippen molar-refractivity contribution in [1.29, 1.82) is 0 Å². The Morgan fingerprint density at radius 1 is 1.03 bits per heavy atom. The SMILES string of the molecule is CCCNC(=O)[C@H](Cc1ccccc1)N(Cc1ccc(Cl)cc1Cl)C(=O)COc1ccc(F)cc1. The highest BCUT2D eigenvalue weighted by Crippen LogP contribution is 2.24. The van der Waals surface area contributed by atoms with Crippen LogP contribution in [-0.2, 0) is 22.6 Å². The number of nitrogens with one attached hydrogen (secondary N) is 1. The van der Waals surface area contributed by atoms with Crippen molar-refractivity contribution in [3.8, 4) is 5.75 Å². The van der Waals surface area contributed by atoms with Gasteiger partial charge in [0, 0.05) is 29.6 Å². The van der Waals surface area contributed by atoms with E-state index >= 15 is 0 Å². The minimum Gasteiger partial charge on any atom is -0.484 e. The van der Waals surface area contributed by atoms with Crippen LogP contribution in [0.25, 0.3) is 0 Å². The Labute approximate surface area is 214 Å². The number of hydrogen-bond acceptors (Lipinski definition) is 3. The van der Waals surface area contributed by atoms with Crippen LogP contribution >= 0.6 is 23.2 Å². The molecule has 3 aromatic carbocycles. The third kappa shape index (κ3) is 7.98. The molecule has 0 fully saturated rings. The molecule has 3 aromatic rings. The van der Waals surface area contributed by atoms with Gasteiger partial charge >= 0.3 is 0 Å². The molecular weight excluding hydrogens is 490 g/mol. The van der Waals surface area contributed by atoms with Crippen LogP contribution in [-0.4, -0.2) is 35.9 Å². The molecule has 0 aliphatic heterocycles. The van der Waals surface area contributed by atoms with Crippen LogP contribution in [0.1, 0.15) is 24.5 Å². The van der Waals surface area contributed by atoms with Crippen LogP contribution in [0.15, 0.2) is 72.8 Å². The van der Waals surface area contributed by atoms with E-state index in [4.69, 9.17) is 27.9 Å². The maximum atomic E-state index is 13.5. The molecule has 2 amide bonds. The third-order valence-electron chi connectivity index (χ3n) is 5.35. The van der Waals surface area contributed by atoms with E-state index in [0.717, 1.165) is 12.0 Å². The topological polar surface area (TPSA) is 58.6 Å². The normalized spacial score (nSPS) is 11.5. The summed E-state index contributed by atoms with van der Waals surface area (Å²) in [6, 6.07) is 19.1. The fourth-order valence-electron chi connectivity index (χ4n) is 3.51. The molecule has 3 rings (SSSR count). The van der Waals surface area contributed by atoms with Crippen molar-refractivity contribution in [2.75, 3.05) is 13.2 Å². The van der Waals surface area contributed by atoms with E-state index in [1.165, 1.54) is 29.2 Å². The first-order valence-corrected chi connectivity index (χ1v) is 12.1. The van der Waals surface area contributed by atoms with Crippen LogP contribution in [0.4, 0.5) is 4.39 Å². The number of rotatable bonds is 11. The average molecular weight is 517 g/mol. The Hall–Kier alpha value is -3.09. The van der Waals surface area contributed by atoms with Gasteiger partial charge in [0.2, 0.25) is 5.91 Å². The van der Waals surface area contributed by atoms with Gasteiger partial charge in [0.05, 0.1) is 0 Å². The van der Waals surface area contributed by atoms with E-state index in [-0.39, 0.29) is 19.1 Å². The van der Waals surface area contributed by atoms with E-state index in [0.29, 0.717) is 34.3 Å². The molecule has 0 aromatic heterocycles. The van der Waals surface area contributed by atoms with Crippen molar-refractivity contribution in [3.05, 3.63) is 99.8 Å². The molecule has 0 unspecified atom stereocenters. The van der Waals surface area contributed by atoms with Crippen molar-refractivity contribution >= 4 is 35.0 Å². The van der Waals surface area contributed by atoms with E-state index < -0.39 is 17.8 Å². The van der Waals surface area contributed by atoms with Gasteiger partial charge in [-0.15, -0.1) is 0 Å². The maximum absolute atomic E-state index is 13.5. The van der Waals surface area contributed by atoms with Gasteiger partial charge in [-0.1, -0.05) is 66.5 Å². The monoisotopic (exact) mass is 516 g/mol. The van der Waals surface area contributed by atoms with Gasteiger partial charge in [-0.05, 0) is 53.9 Å². The second-order valence-electron chi connectivity index (χ2n) is 8.00. The number of carbonyl (C=O) groups excluding carboxylic acids is 2. The summed E-state index contributed by atoms with van der Waals surface area (Å²) in [7, 11) is 0. The molecule has 5 nitrogen and oxygen atoms in total. The number of carbonyl (C=O) groups is 2. The average Bonchev–Trinajstić information content (AvgIpc) is 2.86. The van der Waals surface area contributed by atoms with Crippen LogP contribution in [0, 0.1) is 5.82 Å². The van der Waals surface area contributed by atoms with Gasteiger partial charge < -0.3 is 15.0 Å². The molecular formula is C27H27Cl2FN2O3. The number of nitrogens with zero attached hydrogens (tertiary/aromatic N) is 1. The highest BCUT2D eigenvalue weighted by molar-refractivity contribution is 6.35. The van der Waals surface area contributed by atoms with Gasteiger partial charge in [-0.25, -0.2) is 4.39 Å². The molecule has 0 saturated carbocycles. The second-order valence-corrected chi connectivity index (χ2v) is 8.84. The fraction of sp³-hybridized carbons (Fsp3) is 0.259. The minimum absolute atomic E-state index is 0.0820. The summed E-state index contributed by atoms with van der Waals surface area (Å²) in [4.78, 5) is 28.2. The summed E-state index contributed by atoms with van der Waals surface area (Å²) in [6.07, 6.45) is 1.07. The molecule has 1 atom stereocenters. The molecule has 0 aliphatic rings. The first-order valence-electron chi connectivity index (χ1n) is 11.3. The largest absolute Gasteiger partial charge is 0.484 e. The highest BCUT2D eigenvalue weighted by atomic mass is 35.5. The first-order chi connectivity index (χ1) is 16.9. The quantitative estimate of drug-likeness (QED) is 0.356. The zero-order chi connectivity index (χ0) is 25.2. The summed E-state index contributed by atoms with van der Waals surface area (Å²) in [5.41, 5.74) is 1.55. The van der Waals surface area contributed by atoms with E-state index in [2.05, 4.69) is 5.32 Å². The van der Waals surface area contributed by atoms with Gasteiger partial charge in [-0.2, -0.15) is 0 Å². The van der Waals surface area contributed by atoms with Crippen molar-refractivity contribution in [1.82, 2.24) is 10.2 Å². The van der Waals surface area contributed by atoms with E-state index in [1.54, 1.807) is 18.2 Å². The van der Waals surface area contributed by atoms with Gasteiger partial charge in [0.15, 0.2) is 6.61 Å². The zero-order valence-electron chi connectivity index (χ0n) is 19.3. The smallest absolute Gasteiger partial charge is 0.261 e.